The molecule has 4 nitrogen and oxygen atoms in total. The summed E-state index contributed by atoms with van der Waals surface area (Å²) in [6, 6.07) is 8.23. The summed E-state index contributed by atoms with van der Waals surface area (Å²) in [4.78, 5) is 0. The van der Waals surface area contributed by atoms with Crippen LogP contribution >= 0.6 is 0 Å². The van der Waals surface area contributed by atoms with E-state index >= 15 is 0 Å². The van der Waals surface area contributed by atoms with Crippen LogP contribution in [0.15, 0.2) is 42.9 Å². The number of anilines is 1. The largest absolute Gasteiger partial charge is 0.380 e. The SMILES string of the molecule is Cn1ccc(CNc2cccc3[nH]ncc23)c1. The molecule has 0 aliphatic heterocycles. The standard InChI is InChI=1S/C13H14N4/c1-17-6-5-10(9-17)7-14-12-3-2-4-13-11(12)8-15-16-13/h2-6,8-9,14H,7H2,1H3,(H,15,16). The maximum atomic E-state index is 4.05. The van der Waals surface area contributed by atoms with Gasteiger partial charge in [0.25, 0.3) is 0 Å². The Morgan fingerprint density at radius 2 is 2.29 bits per heavy atom. The van der Waals surface area contributed by atoms with Crippen molar-refractivity contribution in [2.75, 3.05) is 5.32 Å². The summed E-state index contributed by atoms with van der Waals surface area (Å²) in [6.07, 6.45) is 6.01. The van der Waals surface area contributed by atoms with Gasteiger partial charge in [-0.25, -0.2) is 0 Å². The molecule has 3 rings (SSSR count). The van der Waals surface area contributed by atoms with Crippen molar-refractivity contribution in [3.8, 4) is 0 Å². The zero-order valence-electron chi connectivity index (χ0n) is 9.64. The molecule has 4 heteroatoms. The van der Waals surface area contributed by atoms with E-state index in [1.807, 2.05) is 25.4 Å². The van der Waals surface area contributed by atoms with E-state index in [9.17, 15) is 0 Å². The van der Waals surface area contributed by atoms with Gasteiger partial charge in [0.2, 0.25) is 0 Å². The lowest BCUT2D eigenvalue weighted by Gasteiger charge is -2.05. The first-order valence-electron chi connectivity index (χ1n) is 5.60. The van der Waals surface area contributed by atoms with E-state index in [1.54, 1.807) is 0 Å². The lowest BCUT2D eigenvalue weighted by atomic mass is 10.2. The summed E-state index contributed by atoms with van der Waals surface area (Å²) >= 11 is 0. The summed E-state index contributed by atoms with van der Waals surface area (Å²) in [6.45, 7) is 0.825. The first-order valence-corrected chi connectivity index (χ1v) is 5.60. The van der Waals surface area contributed by atoms with E-state index in [4.69, 9.17) is 0 Å². The highest BCUT2D eigenvalue weighted by atomic mass is 15.1. The zero-order valence-corrected chi connectivity index (χ0v) is 9.64. The molecule has 0 bridgehead atoms. The van der Waals surface area contributed by atoms with Crippen LogP contribution < -0.4 is 5.32 Å². The molecule has 0 aliphatic carbocycles. The highest BCUT2D eigenvalue weighted by Crippen LogP contribution is 2.21. The van der Waals surface area contributed by atoms with Crippen molar-refractivity contribution in [2.24, 2.45) is 7.05 Å². The number of nitrogens with zero attached hydrogens (tertiary/aromatic N) is 2. The van der Waals surface area contributed by atoms with Gasteiger partial charge < -0.3 is 9.88 Å². The topological polar surface area (TPSA) is 45.6 Å². The van der Waals surface area contributed by atoms with Gasteiger partial charge in [-0.05, 0) is 23.8 Å². The quantitative estimate of drug-likeness (QED) is 0.720. The minimum atomic E-state index is 0.825. The van der Waals surface area contributed by atoms with Crippen LogP contribution in [0.5, 0.6) is 0 Å². The second kappa shape index (κ2) is 3.97. The molecule has 86 valence electrons. The van der Waals surface area contributed by atoms with Crippen LogP contribution in [0.1, 0.15) is 5.56 Å². The molecule has 2 heterocycles. The minimum absolute atomic E-state index is 0.825. The number of hydrogen-bond acceptors (Lipinski definition) is 2. The Morgan fingerprint density at radius 3 is 3.12 bits per heavy atom. The molecule has 0 radical (unpaired) electrons. The Kier molecular flexibility index (Phi) is 2.33. The Bertz CT molecular complexity index is 635. The maximum Gasteiger partial charge on any atom is 0.0671 e. The van der Waals surface area contributed by atoms with Gasteiger partial charge in [-0.3, -0.25) is 5.10 Å². The molecule has 2 aromatic heterocycles. The normalized spacial score (nSPS) is 10.9. The van der Waals surface area contributed by atoms with Gasteiger partial charge in [0, 0.05) is 37.1 Å². The summed E-state index contributed by atoms with van der Waals surface area (Å²) < 4.78 is 2.05. The molecule has 0 saturated carbocycles. The molecule has 3 aromatic rings. The predicted octanol–water partition coefficient (Wildman–Crippen LogP) is 2.51. The molecule has 2 N–H and O–H groups in total. The number of nitrogens with one attached hydrogen (secondary N) is 2. The number of benzene rings is 1. The van der Waals surface area contributed by atoms with Crippen molar-refractivity contribution < 1.29 is 0 Å². The fourth-order valence-electron chi connectivity index (χ4n) is 1.99. The van der Waals surface area contributed by atoms with Gasteiger partial charge >= 0.3 is 0 Å². The van der Waals surface area contributed by atoms with Gasteiger partial charge in [0.15, 0.2) is 0 Å². The monoisotopic (exact) mass is 226 g/mol. The molecule has 0 amide bonds. The molecule has 0 saturated heterocycles. The highest BCUT2D eigenvalue weighted by Gasteiger charge is 2.02. The smallest absolute Gasteiger partial charge is 0.0671 e. The number of aromatic amines is 1. The molecule has 0 atom stereocenters. The fourth-order valence-corrected chi connectivity index (χ4v) is 1.99. The van der Waals surface area contributed by atoms with E-state index < -0.39 is 0 Å². The van der Waals surface area contributed by atoms with Crippen molar-refractivity contribution in [1.82, 2.24) is 14.8 Å². The van der Waals surface area contributed by atoms with Gasteiger partial charge in [-0.2, -0.15) is 5.10 Å². The van der Waals surface area contributed by atoms with Crippen LogP contribution in [0.25, 0.3) is 10.9 Å². The Balaban J connectivity index is 1.83. The zero-order chi connectivity index (χ0) is 11.7. The molecule has 1 aromatic carbocycles. The number of hydrogen-bond donors (Lipinski definition) is 2. The molecule has 0 unspecified atom stereocenters. The average molecular weight is 226 g/mol. The van der Waals surface area contributed by atoms with E-state index in [0.29, 0.717) is 0 Å². The first kappa shape index (κ1) is 9.96. The third-order valence-electron chi connectivity index (χ3n) is 2.86. The fraction of sp³-hybridized carbons (Fsp3) is 0.154. The van der Waals surface area contributed by atoms with Crippen molar-refractivity contribution >= 4 is 16.6 Å². The van der Waals surface area contributed by atoms with E-state index in [2.05, 4.69) is 44.6 Å². The van der Waals surface area contributed by atoms with Crippen LogP contribution in [0, 0.1) is 0 Å². The van der Waals surface area contributed by atoms with E-state index in [1.165, 1.54) is 5.56 Å². The van der Waals surface area contributed by atoms with E-state index in [0.717, 1.165) is 23.1 Å². The van der Waals surface area contributed by atoms with Gasteiger partial charge in [-0.1, -0.05) is 6.07 Å². The molecule has 17 heavy (non-hydrogen) atoms. The molecular weight excluding hydrogens is 212 g/mol. The molecular formula is C13H14N4. The van der Waals surface area contributed by atoms with Crippen molar-refractivity contribution in [3.63, 3.8) is 0 Å². The second-order valence-electron chi connectivity index (χ2n) is 4.18. The molecule has 0 aliphatic rings. The Morgan fingerprint density at radius 1 is 1.35 bits per heavy atom. The lowest BCUT2D eigenvalue weighted by molar-refractivity contribution is 0.920. The van der Waals surface area contributed by atoms with Crippen LogP contribution in [0.2, 0.25) is 0 Å². The number of aromatic nitrogens is 3. The third kappa shape index (κ3) is 1.89. The third-order valence-corrected chi connectivity index (χ3v) is 2.86. The summed E-state index contributed by atoms with van der Waals surface area (Å²) in [5.41, 5.74) is 3.44. The summed E-state index contributed by atoms with van der Waals surface area (Å²) in [5, 5.41) is 11.6. The molecule has 0 spiro atoms. The van der Waals surface area contributed by atoms with Gasteiger partial charge in [0.1, 0.15) is 0 Å². The Hall–Kier alpha value is -2.23. The van der Waals surface area contributed by atoms with Crippen LogP contribution in [0.4, 0.5) is 5.69 Å². The van der Waals surface area contributed by atoms with Crippen LogP contribution in [-0.4, -0.2) is 14.8 Å². The van der Waals surface area contributed by atoms with Gasteiger partial charge in [0.05, 0.1) is 11.7 Å². The second-order valence-corrected chi connectivity index (χ2v) is 4.18. The number of H-pyrrole nitrogens is 1. The summed E-state index contributed by atoms with van der Waals surface area (Å²) in [5.74, 6) is 0. The highest BCUT2D eigenvalue weighted by molar-refractivity contribution is 5.90. The average Bonchev–Trinajstić information content (AvgIpc) is 2.94. The van der Waals surface area contributed by atoms with E-state index in [-0.39, 0.29) is 0 Å². The number of aryl methyl sites for hydroxylation is 1. The lowest BCUT2D eigenvalue weighted by Crippen LogP contribution is -1.98. The maximum absolute atomic E-state index is 4.05. The van der Waals surface area contributed by atoms with Crippen molar-refractivity contribution in [2.45, 2.75) is 6.54 Å². The van der Waals surface area contributed by atoms with Crippen LogP contribution in [-0.2, 0) is 13.6 Å². The number of fused-ring (bicyclic) bond motifs is 1. The first-order chi connectivity index (χ1) is 8.33. The Labute approximate surface area is 99.3 Å². The number of rotatable bonds is 3. The predicted molar refractivity (Wildman–Crippen MR) is 68.8 cm³/mol. The summed E-state index contributed by atoms with van der Waals surface area (Å²) in [7, 11) is 2.03. The van der Waals surface area contributed by atoms with Crippen molar-refractivity contribution in [1.29, 1.82) is 0 Å². The van der Waals surface area contributed by atoms with Crippen molar-refractivity contribution in [3.05, 3.63) is 48.4 Å². The van der Waals surface area contributed by atoms with Gasteiger partial charge in [-0.15, -0.1) is 0 Å². The van der Waals surface area contributed by atoms with Crippen LogP contribution in [0.3, 0.4) is 0 Å². The minimum Gasteiger partial charge on any atom is -0.380 e. The molecule has 0 fully saturated rings.